The molecule has 0 saturated carbocycles. The molecule has 2 aromatic carbocycles. The first-order valence-electron chi connectivity index (χ1n) is 10.1. The van der Waals surface area contributed by atoms with Crippen LogP contribution in [0.2, 0.25) is 5.02 Å². The number of imide groups is 1. The highest BCUT2D eigenvalue weighted by molar-refractivity contribution is 6.31. The molecule has 4 rings (SSSR count). The molecule has 30 heavy (non-hydrogen) atoms. The molecule has 2 atom stereocenters. The van der Waals surface area contributed by atoms with E-state index >= 15 is 0 Å². The van der Waals surface area contributed by atoms with Crippen LogP contribution in [-0.2, 0) is 14.3 Å². The molecule has 3 amide bonds. The number of aryl methyl sites for hydroxylation is 1. The minimum atomic E-state index is -0.857. The molecule has 6 nitrogen and oxygen atoms in total. The number of nitrogens with zero attached hydrogens (tertiary/aromatic N) is 2. The Balaban J connectivity index is 1.65. The van der Waals surface area contributed by atoms with E-state index in [0.29, 0.717) is 22.9 Å². The monoisotopic (exact) mass is 426 g/mol. The average Bonchev–Trinajstić information content (AvgIpc) is 3.35. The molecular formula is C23H23ClN2O4. The van der Waals surface area contributed by atoms with Crippen LogP contribution in [-0.4, -0.2) is 47.9 Å². The van der Waals surface area contributed by atoms with E-state index in [2.05, 4.69) is 0 Å². The third-order valence-electron chi connectivity index (χ3n) is 5.64. The number of benzene rings is 2. The van der Waals surface area contributed by atoms with Crippen LogP contribution in [0.4, 0.5) is 5.69 Å². The van der Waals surface area contributed by atoms with Crippen LogP contribution in [0, 0.1) is 6.92 Å². The summed E-state index contributed by atoms with van der Waals surface area (Å²) in [7, 11) is 0. The Kier molecular flexibility index (Phi) is 5.88. The summed E-state index contributed by atoms with van der Waals surface area (Å²) in [4.78, 5) is 42.1. The van der Waals surface area contributed by atoms with Crippen LogP contribution < -0.4 is 4.90 Å². The number of carbonyl (C=O) groups excluding carboxylic acids is 3. The highest BCUT2D eigenvalue weighted by atomic mass is 35.5. The fourth-order valence-electron chi connectivity index (χ4n) is 4.05. The van der Waals surface area contributed by atoms with E-state index in [1.54, 1.807) is 36.4 Å². The number of halogens is 1. The van der Waals surface area contributed by atoms with Gasteiger partial charge in [-0.1, -0.05) is 29.8 Å². The standard InChI is InChI=1S/C23H23ClN2O4/c1-15-5-2-3-7-19(15)22(28)25(14-18-6-4-12-30-18)20-13-21(27)26(23(20)29)17-10-8-16(24)9-11-17/h2-3,5,7-11,18,20H,4,6,12-14H2,1H3. The Morgan fingerprint density at radius 2 is 1.90 bits per heavy atom. The second-order valence-corrected chi connectivity index (χ2v) is 8.11. The zero-order valence-electron chi connectivity index (χ0n) is 16.7. The van der Waals surface area contributed by atoms with E-state index in [1.807, 2.05) is 19.1 Å². The molecule has 156 valence electrons. The lowest BCUT2D eigenvalue weighted by atomic mass is 10.0. The molecule has 0 N–H and O–H groups in total. The molecule has 2 fully saturated rings. The molecule has 2 aliphatic rings. The summed E-state index contributed by atoms with van der Waals surface area (Å²) in [5.74, 6) is -0.989. The van der Waals surface area contributed by atoms with E-state index < -0.39 is 11.9 Å². The molecule has 7 heteroatoms. The van der Waals surface area contributed by atoms with E-state index in [-0.39, 0.29) is 30.9 Å². The van der Waals surface area contributed by atoms with Crippen LogP contribution in [0.25, 0.3) is 0 Å². The first kappa shape index (κ1) is 20.6. The first-order chi connectivity index (χ1) is 14.5. The molecule has 0 bridgehead atoms. The second-order valence-electron chi connectivity index (χ2n) is 7.67. The predicted octanol–water partition coefficient (Wildman–Crippen LogP) is 3.60. The number of hydrogen-bond acceptors (Lipinski definition) is 4. The minimum Gasteiger partial charge on any atom is -0.376 e. The number of amides is 3. The van der Waals surface area contributed by atoms with Crippen molar-refractivity contribution in [2.75, 3.05) is 18.1 Å². The summed E-state index contributed by atoms with van der Waals surface area (Å²) in [6, 6.07) is 12.9. The Hall–Kier alpha value is -2.70. The van der Waals surface area contributed by atoms with Crippen LogP contribution in [0.1, 0.15) is 35.2 Å². The lowest BCUT2D eigenvalue weighted by Gasteiger charge is -2.30. The Bertz CT molecular complexity index is 969. The third kappa shape index (κ3) is 3.98. The number of carbonyl (C=O) groups is 3. The average molecular weight is 427 g/mol. The molecule has 2 aliphatic heterocycles. The van der Waals surface area contributed by atoms with Gasteiger partial charge in [0.15, 0.2) is 0 Å². The van der Waals surface area contributed by atoms with Crippen molar-refractivity contribution in [2.24, 2.45) is 0 Å². The van der Waals surface area contributed by atoms with Crippen LogP contribution in [0.5, 0.6) is 0 Å². The molecule has 0 aromatic heterocycles. The van der Waals surface area contributed by atoms with Crippen molar-refractivity contribution >= 4 is 35.0 Å². The van der Waals surface area contributed by atoms with Gasteiger partial charge in [0, 0.05) is 23.7 Å². The zero-order chi connectivity index (χ0) is 21.3. The minimum absolute atomic E-state index is 0.0498. The van der Waals surface area contributed by atoms with Crippen LogP contribution in [0.3, 0.4) is 0 Å². The summed E-state index contributed by atoms with van der Waals surface area (Å²) in [6.07, 6.45) is 1.57. The smallest absolute Gasteiger partial charge is 0.257 e. The molecule has 2 saturated heterocycles. The number of hydrogen-bond donors (Lipinski definition) is 0. The Morgan fingerprint density at radius 1 is 1.17 bits per heavy atom. The Labute approximate surface area is 180 Å². The van der Waals surface area contributed by atoms with Crippen molar-refractivity contribution in [3.05, 3.63) is 64.7 Å². The van der Waals surface area contributed by atoms with E-state index in [1.165, 1.54) is 4.90 Å². The van der Waals surface area contributed by atoms with Gasteiger partial charge in [-0.25, -0.2) is 4.90 Å². The maximum absolute atomic E-state index is 13.5. The highest BCUT2D eigenvalue weighted by Crippen LogP contribution is 2.29. The lowest BCUT2D eigenvalue weighted by Crippen LogP contribution is -2.48. The number of anilines is 1. The van der Waals surface area contributed by atoms with Gasteiger partial charge in [0.1, 0.15) is 6.04 Å². The zero-order valence-corrected chi connectivity index (χ0v) is 17.5. The number of rotatable bonds is 5. The SMILES string of the molecule is Cc1ccccc1C(=O)N(CC1CCCO1)C1CC(=O)N(c2ccc(Cl)cc2)C1=O. The van der Waals surface area contributed by atoms with E-state index in [4.69, 9.17) is 16.3 Å². The van der Waals surface area contributed by atoms with Crippen LogP contribution >= 0.6 is 11.6 Å². The summed E-state index contributed by atoms with van der Waals surface area (Å²) in [5, 5.41) is 0.518. The van der Waals surface area contributed by atoms with Gasteiger partial charge >= 0.3 is 0 Å². The van der Waals surface area contributed by atoms with Crippen LogP contribution in [0.15, 0.2) is 48.5 Å². The summed E-state index contributed by atoms with van der Waals surface area (Å²) in [6.45, 7) is 2.79. The maximum atomic E-state index is 13.5. The van der Waals surface area contributed by atoms with E-state index in [0.717, 1.165) is 23.3 Å². The fraction of sp³-hybridized carbons (Fsp3) is 0.348. The van der Waals surface area contributed by atoms with Crippen molar-refractivity contribution in [1.82, 2.24) is 4.90 Å². The summed E-state index contributed by atoms with van der Waals surface area (Å²) in [5.41, 5.74) is 1.81. The van der Waals surface area contributed by atoms with Crippen molar-refractivity contribution in [3.8, 4) is 0 Å². The van der Waals surface area contributed by atoms with Crippen molar-refractivity contribution in [1.29, 1.82) is 0 Å². The van der Waals surface area contributed by atoms with E-state index in [9.17, 15) is 14.4 Å². The quantitative estimate of drug-likeness (QED) is 0.685. The third-order valence-corrected chi connectivity index (χ3v) is 5.90. The number of ether oxygens (including phenoxy) is 1. The molecule has 2 unspecified atom stereocenters. The summed E-state index contributed by atoms with van der Waals surface area (Å²) >= 11 is 5.93. The van der Waals surface area contributed by atoms with Gasteiger partial charge in [-0.2, -0.15) is 0 Å². The molecule has 2 heterocycles. The maximum Gasteiger partial charge on any atom is 0.257 e. The van der Waals surface area contributed by atoms with Crippen molar-refractivity contribution in [3.63, 3.8) is 0 Å². The fourth-order valence-corrected chi connectivity index (χ4v) is 4.17. The van der Waals surface area contributed by atoms with Gasteiger partial charge in [0.05, 0.1) is 18.2 Å². The normalized spacial score (nSPS) is 21.3. The van der Waals surface area contributed by atoms with Gasteiger partial charge in [-0.05, 0) is 55.7 Å². The Morgan fingerprint density at radius 3 is 2.57 bits per heavy atom. The molecule has 0 radical (unpaired) electrons. The molecule has 0 spiro atoms. The highest BCUT2D eigenvalue weighted by Gasteiger charge is 2.45. The van der Waals surface area contributed by atoms with Gasteiger partial charge < -0.3 is 9.64 Å². The topological polar surface area (TPSA) is 66.9 Å². The molecule has 0 aliphatic carbocycles. The largest absolute Gasteiger partial charge is 0.376 e. The van der Waals surface area contributed by atoms with Crippen molar-refractivity contribution < 1.29 is 19.1 Å². The molecular weight excluding hydrogens is 404 g/mol. The summed E-state index contributed by atoms with van der Waals surface area (Å²) < 4.78 is 5.73. The second kappa shape index (κ2) is 8.58. The lowest BCUT2D eigenvalue weighted by molar-refractivity contribution is -0.122. The van der Waals surface area contributed by atoms with Gasteiger partial charge in [0.2, 0.25) is 5.91 Å². The van der Waals surface area contributed by atoms with Crippen molar-refractivity contribution in [2.45, 2.75) is 38.3 Å². The first-order valence-corrected chi connectivity index (χ1v) is 10.4. The van der Waals surface area contributed by atoms with Gasteiger partial charge in [0.25, 0.3) is 11.8 Å². The van der Waals surface area contributed by atoms with Gasteiger partial charge in [-0.15, -0.1) is 0 Å². The predicted molar refractivity (Wildman–Crippen MR) is 114 cm³/mol. The van der Waals surface area contributed by atoms with Gasteiger partial charge in [-0.3, -0.25) is 14.4 Å². The molecule has 2 aromatic rings.